The number of imidazole rings is 1. The number of fused-ring (bicyclic) bond motifs is 1. The van der Waals surface area contributed by atoms with Crippen LogP contribution in [0.15, 0.2) is 69.9 Å². The molecule has 0 amide bonds. The Bertz CT molecular complexity index is 1630. The highest BCUT2D eigenvalue weighted by Crippen LogP contribution is 2.35. The van der Waals surface area contributed by atoms with Gasteiger partial charge in [0.05, 0.1) is 23.7 Å². The molecule has 0 radical (unpaired) electrons. The van der Waals surface area contributed by atoms with Crippen LogP contribution in [0.25, 0.3) is 39.3 Å². The molecule has 0 bridgehead atoms. The Morgan fingerprint density at radius 3 is 2.58 bits per heavy atom. The Morgan fingerprint density at radius 1 is 1.06 bits per heavy atom. The first-order valence-electron chi connectivity index (χ1n) is 11.9. The summed E-state index contributed by atoms with van der Waals surface area (Å²) in [6, 6.07) is 19.4. The molecule has 0 saturated carbocycles. The van der Waals surface area contributed by atoms with Crippen molar-refractivity contribution in [3.63, 3.8) is 0 Å². The average Bonchev–Trinajstić information content (AvgIpc) is 3.48. The van der Waals surface area contributed by atoms with Crippen LogP contribution in [-0.2, 0) is 11.2 Å². The molecule has 0 aliphatic rings. The van der Waals surface area contributed by atoms with Gasteiger partial charge in [-0.3, -0.25) is 4.57 Å². The summed E-state index contributed by atoms with van der Waals surface area (Å²) in [6.45, 7) is 4.08. The monoisotopic (exact) mass is 482 g/mol. The van der Waals surface area contributed by atoms with E-state index >= 15 is 0 Å². The second kappa shape index (κ2) is 9.65. The lowest BCUT2D eigenvalue weighted by atomic mass is 9.92. The van der Waals surface area contributed by atoms with Crippen molar-refractivity contribution < 1.29 is 13.9 Å². The van der Waals surface area contributed by atoms with Crippen LogP contribution in [0.1, 0.15) is 41.5 Å². The molecular formula is C28H26N4O4. The Kier molecular flexibility index (Phi) is 6.25. The molecule has 8 nitrogen and oxygen atoms in total. The van der Waals surface area contributed by atoms with Crippen molar-refractivity contribution in [1.82, 2.24) is 19.7 Å². The quantitative estimate of drug-likeness (QED) is 0.309. The number of nitrogens with one attached hydrogen (secondary N) is 1. The zero-order valence-corrected chi connectivity index (χ0v) is 20.4. The van der Waals surface area contributed by atoms with Crippen molar-refractivity contribution in [1.29, 1.82) is 0 Å². The third-order valence-electron chi connectivity index (χ3n) is 6.28. The van der Waals surface area contributed by atoms with Crippen LogP contribution < -0.4 is 5.76 Å². The number of aromatic amines is 1. The molecule has 8 heteroatoms. The predicted molar refractivity (Wildman–Crippen MR) is 137 cm³/mol. The van der Waals surface area contributed by atoms with E-state index in [-0.39, 0.29) is 5.89 Å². The first kappa shape index (κ1) is 23.3. The minimum absolute atomic E-state index is 0.250. The number of hydrogen-bond donors (Lipinski definition) is 1. The molecule has 0 aliphatic carbocycles. The molecule has 0 fully saturated rings. The van der Waals surface area contributed by atoms with E-state index in [1.165, 1.54) is 7.11 Å². The Labute approximate surface area is 207 Å². The molecule has 0 unspecified atom stereocenters. The molecule has 36 heavy (non-hydrogen) atoms. The molecule has 5 rings (SSSR count). The summed E-state index contributed by atoms with van der Waals surface area (Å²) < 4.78 is 12.3. The van der Waals surface area contributed by atoms with Gasteiger partial charge in [0.2, 0.25) is 5.89 Å². The number of hydrogen-bond acceptors (Lipinski definition) is 6. The predicted octanol–water partition coefficient (Wildman–Crippen LogP) is 5.47. The number of nitrogens with zero attached hydrogens (tertiary/aromatic N) is 3. The number of methoxy groups -OCH3 is 1. The van der Waals surface area contributed by atoms with Gasteiger partial charge in [0.25, 0.3) is 0 Å². The number of para-hydroxylation sites is 1. The van der Waals surface area contributed by atoms with Crippen LogP contribution in [-0.4, -0.2) is 32.8 Å². The third kappa shape index (κ3) is 4.11. The Hall–Kier alpha value is -4.46. The second-order valence-corrected chi connectivity index (χ2v) is 8.57. The minimum atomic E-state index is -0.592. The van der Waals surface area contributed by atoms with Gasteiger partial charge in [-0.2, -0.15) is 0 Å². The standard InChI is InChI=1S/C28H26N4O4/c1-4-5-9-18-16-19(32-17(2)29-24-13-8-12-23(25(24)32)27(33)35-3)14-15-20(18)21-10-6-7-11-22(21)26-30-31-28(34)36-26/h6-8,10-16H,4-5,9H2,1-3H3,(H,31,34). The first-order valence-corrected chi connectivity index (χ1v) is 11.9. The number of benzene rings is 3. The van der Waals surface area contributed by atoms with Crippen LogP contribution in [0.5, 0.6) is 0 Å². The lowest BCUT2D eigenvalue weighted by molar-refractivity contribution is 0.0602. The first-order chi connectivity index (χ1) is 17.5. The van der Waals surface area contributed by atoms with E-state index in [2.05, 4.69) is 29.3 Å². The smallest absolute Gasteiger partial charge is 0.434 e. The van der Waals surface area contributed by atoms with E-state index in [4.69, 9.17) is 14.1 Å². The average molecular weight is 483 g/mol. The fourth-order valence-corrected chi connectivity index (χ4v) is 4.64. The molecule has 1 N–H and O–H groups in total. The zero-order valence-electron chi connectivity index (χ0n) is 20.4. The number of rotatable bonds is 7. The van der Waals surface area contributed by atoms with Crippen molar-refractivity contribution >= 4 is 17.0 Å². The summed E-state index contributed by atoms with van der Waals surface area (Å²) in [6.07, 6.45) is 2.90. The number of carbonyl (C=O) groups excluding carboxylic acids is 1. The maximum absolute atomic E-state index is 12.5. The molecule has 2 aromatic heterocycles. The number of H-pyrrole nitrogens is 1. The van der Waals surface area contributed by atoms with Gasteiger partial charge in [-0.05, 0) is 66.8 Å². The van der Waals surface area contributed by atoms with Crippen LogP contribution in [0.2, 0.25) is 0 Å². The summed E-state index contributed by atoms with van der Waals surface area (Å²) in [4.78, 5) is 28.8. The van der Waals surface area contributed by atoms with Crippen molar-refractivity contribution in [3.8, 4) is 28.3 Å². The van der Waals surface area contributed by atoms with E-state index in [1.807, 2.05) is 54.0 Å². The van der Waals surface area contributed by atoms with Gasteiger partial charge in [0.15, 0.2) is 0 Å². The van der Waals surface area contributed by atoms with Crippen molar-refractivity contribution in [2.75, 3.05) is 7.11 Å². The van der Waals surface area contributed by atoms with E-state index in [0.29, 0.717) is 5.56 Å². The second-order valence-electron chi connectivity index (χ2n) is 8.57. The number of ether oxygens (including phenoxy) is 1. The maximum atomic E-state index is 12.5. The van der Waals surface area contributed by atoms with Crippen LogP contribution >= 0.6 is 0 Å². The molecule has 2 heterocycles. The van der Waals surface area contributed by atoms with Crippen molar-refractivity contribution in [2.24, 2.45) is 0 Å². The van der Waals surface area contributed by atoms with Crippen LogP contribution in [0.4, 0.5) is 0 Å². The fraction of sp³-hybridized carbons (Fsp3) is 0.214. The summed E-state index contributed by atoms with van der Waals surface area (Å²) in [5, 5.41) is 6.39. The number of esters is 1. The Morgan fingerprint density at radius 2 is 1.86 bits per heavy atom. The summed E-state index contributed by atoms with van der Waals surface area (Å²) in [5.74, 6) is 0.0266. The lowest BCUT2D eigenvalue weighted by Crippen LogP contribution is -2.06. The van der Waals surface area contributed by atoms with Crippen LogP contribution in [0, 0.1) is 6.92 Å². The molecular weight excluding hydrogens is 456 g/mol. The summed E-state index contributed by atoms with van der Waals surface area (Å²) >= 11 is 0. The Balaban J connectivity index is 1.71. The molecule has 0 spiro atoms. The van der Waals surface area contributed by atoms with E-state index in [0.717, 1.165) is 64.1 Å². The molecule has 182 valence electrons. The highest BCUT2D eigenvalue weighted by molar-refractivity contribution is 6.03. The van der Waals surface area contributed by atoms with E-state index in [9.17, 15) is 9.59 Å². The highest BCUT2D eigenvalue weighted by Gasteiger charge is 2.20. The van der Waals surface area contributed by atoms with E-state index in [1.54, 1.807) is 6.07 Å². The number of aromatic nitrogens is 4. The van der Waals surface area contributed by atoms with Gasteiger partial charge in [-0.1, -0.05) is 43.7 Å². The summed E-state index contributed by atoms with van der Waals surface area (Å²) in [7, 11) is 1.38. The minimum Gasteiger partial charge on any atom is -0.465 e. The molecule has 5 aromatic rings. The van der Waals surface area contributed by atoms with E-state index < -0.39 is 11.7 Å². The van der Waals surface area contributed by atoms with Gasteiger partial charge >= 0.3 is 11.7 Å². The zero-order chi connectivity index (χ0) is 25.2. The van der Waals surface area contributed by atoms with Gasteiger partial charge in [-0.25, -0.2) is 19.7 Å². The van der Waals surface area contributed by atoms with Gasteiger partial charge < -0.3 is 9.15 Å². The number of aryl methyl sites for hydroxylation is 2. The van der Waals surface area contributed by atoms with Crippen molar-refractivity contribution in [2.45, 2.75) is 33.1 Å². The molecule has 0 atom stereocenters. The normalized spacial score (nSPS) is 11.2. The topological polar surface area (TPSA) is 103 Å². The largest absolute Gasteiger partial charge is 0.465 e. The number of carbonyl (C=O) groups is 1. The fourth-order valence-electron chi connectivity index (χ4n) is 4.64. The SMILES string of the molecule is CCCCc1cc(-n2c(C)nc3cccc(C(=O)OC)c32)ccc1-c1ccccc1-c1n[nH]c(=O)o1. The maximum Gasteiger partial charge on any atom is 0.434 e. The molecule has 0 saturated heterocycles. The van der Waals surface area contributed by atoms with Gasteiger partial charge in [-0.15, -0.1) is 5.10 Å². The molecule has 0 aliphatic heterocycles. The lowest BCUT2D eigenvalue weighted by Gasteiger charge is -2.16. The van der Waals surface area contributed by atoms with Crippen molar-refractivity contribution in [3.05, 3.63) is 88.2 Å². The highest BCUT2D eigenvalue weighted by atomic mass is 16.5. The van der Waals surface area contributed by atoms with Gasteiger partial charge in [0.1, 0.15) is 5.82 Å². The number of unbranched alkanes of at least 4 members (excludes halogenated alkanes) is 1. The van der Waals surface area contributed by atoms with Crippen LogP contribution in [0.3, 0.4) is 0 Å². The third-order valence-corrected chi connectivity index (χ3v) is 6.28. The summed E-state index contributed by atoms with van der Waals surface area (Å²) in [5.41, 5.74) is 6.65. The molecule has 3 aromatic carbocycles. The van der Waals surface area contributed by atoms with Gasteiger partial charge in [0, 0.05) is 11.3 Å².